The number of allylic oxidation sites excluding steroid dienone is 1. The topological polar surface area (TPSA) is 42.2 Å². The number of unbranched alkanes of at least 4 members (excludes halogenated alkanes) is 2. The lowest BCUT2D eigenvalue weighted by atomic mass is 10.2. The van der Waals surface area contributed by atoms with Crippen molar-refractivity contribution in [2.75, 3.05) is 13.2 Å². The van der Waals surface area contributed by atoms with Crippen LogP contribution in [0, 0.1) is 11.3 Å². The summed E-state index contributed by atoms with van der Waals surface area (Å²) >= 11 is 0. The van der Waals surface area contributed by atoms with Crippen molar-refractivity contribution in [1.29, 1.82) is 5.26 Å². The highest BCUT2D eigenvalue weighted by Gasteiger charge is 2.05. The summed E-state index contributed by atoms with van der Waals surface area (Å²) in [7, 11) is 0. The first kappa shape index (κ1) is 15.1. The quantitative estimate of drug-likeness (QED) is 0.519. The van der Waals surface area contributed by atoms with Gasteiger partial charge in [-0.3, -0.25) is 0 Å². The number of ether oxygens (including phenoxy) is 2. The van der Waals surface area contributed by atoms with Gasteiger partial charge in [0.25, 0.3) is 0 Å². The van der Waals surface area contributed by atoms with E-state index >= 15 is 0 Å². The Balaban J connectivity index is 2.73. The lowest BCUT2D eigenvalue weighted by molar-refractivity contribution is 0.271. The lowest BCUT2D eigenvalue weighted by Gasteiger charge is -2.12. The summed E-state index contributed by atoms with van der Waals surface area (Å²) in [4.78, 5) is 0. The van der Waals surface area contributed by atoms with Crippen LogP contribution in [0.2, 0.25) is 0 Å². The highest BCUT2D eigenvalue weighted by Crippen LogP contribution is 2.29. The van der Waals surface area contributed by atoms with E-state index in [1.54, 1.807) is 6.08 Å². The molecule has 0 radical (unpaired) electrons. The van der Waals surface area contributed by atoms with E-state index in [2.05, 4.69) is 6.92 Å². The van der Waals surface area contributed by atoms with Gasteiger partial charge >= 0.3 is 0 Å². The molecule has 0 bridgehead atoms. The van der Waals surface area contributed by atoms with E-state index in [9.17, 15) is 0 Å². The van der Waals surface area contributed by atoms with E-state index in [1.165, 1.54) is 18.9 Å². The van der Waals surface area contributed by atoms with Crippen molar-refractivity contribution in [3.63, 3.8) is 0 Å². The van der Waals surface area contributed by atoms with Gasteiger partial charge in [0.2, 0.25) is 0 Å². The normalized spacial score (nSPS) is 10.4. The molecule has 0 fully saturated rings. The van der Waals surface area contributed by atoms with E-state index in [0.717, 1.165) is 23.5 Å². The first-order valence-corrected chi connectivity index (χ1v) is 6.77. The van der Waals surface area contributed by atoms with Gasteiger partial charge in [-0.15, -0.1) is 0 Å². The van der Waals surface area contributed by atoms with Crippen LogP contribution in [-0.2, 0) is 0 Å². The molecule has 0 N–H and O–H groups in total. The molecule has 0 aliphatic carbocycles. The second kappa shape index (κ2) is 9.04. The van der Waals surface area contributed by atoms with Gasteiger partial charge in [0.05, 0.1) is 19.3 Å². The van der Waals surface area contributed by atoms with Gasteiger partial charge in [0.1, 0.15) is 0 Å². The molecular weight excluding hydrogens is 238 g/mol. The van der Waals surface area contributed by atoms with Crippen molar-refractivity contribution in [1.82, 2.24) is 0 Å². The van der Waals surface area contributed by atoms with E-state index in [-0.39, 0.29) is 0 Å². The zero-order valence-electron chi connectivity index (χ0n) is 11.7. The van der Waals surface area contributed by atoms with E-state index < -0.39 is 0 Å². The first-order valence-electron chi connectivity index (χ1n) is 6.77. The minimum atomic E-state index is 0.594. The zero-order chi connectivity index (χ0) is 13.9. The third kappa shape index (κ3) is 5.48. The molecule has 0 saturated heterocycles. The van der Waals surface area contributed by atoms with Crippen molar-refractivity contribution >= 4 is 6.08 Å². The maximum atomic E-state index is 8.53. The van der Waals surface area contributed by atoms with Crippen molar-refractivity contribution in [2.24, 2.45) is 0 Å². The third-order valence-electron chi connectivity index (χ3n) is 2.62. The lowest BCUT2D eigenvalue weighted by Crippen LogP contribution is -2.01. The van der Waals surface area contributed by atoms with Crippen LogP contribution >= 0.6 is 0 Å². The Morgan fingerprint density at radius 2 is 2.00 bits per heavy atom. The summed E-state index contributed by atoms with van der Waals surface area (Å²) in [6.45, 7) is 5.42. The van der Waals surface area contributed by atoms with Gasteiger partial charge in [-0.1, -0.05) is 25.8 Å². The summed E-state index contributed by atoms with van der Waals surface area (Å²) in [5.41, 5.74) is 0.936. The van der Waals surface area contributed by atoms with Crippen LogP contribution in [0.3, 0.4) is 0 Å². The Morgan fingerprint density at radius 3 is 2.68 bits per heavy atom. The van der Waals surface area contributed by atoms with Crippen molar-refractivity contribution in [3.8, 4) is 17.6 Å². The SMILES string of the molecule is CCCCCOc1ccc(/C=C/C#N)cc1OCC. The minimum absolute atomic E-state index is 0.594. The summed E-state index contributed by atoms with van der Waals surface area (Å²) in [6.07, 6.45) is 6.61. The minimum Gasteiger partial charge on any atom is -0.490 e. The van der Waals surface area contributed by atoms with E-state index in [0.29, 0.717) is 13.2 Å². The summed E-state index contributed by atoms with van der Waals surface area (Å²) in [5.74, 6) is 1.51. The van der Waals surface area contributed by atoms with Gasteiger partial charge in [0.15, 0.2) is 11.5 Å². The highest BCUT2D eigenvalue weighted by molar-refractivity contribution is 5.57. The molecule has 0 aromatic heterocycles. The van der Waals surface area contributed by atoms with Crippen molar-refractivity contribution in [3.05, 3.63) is 29.8 Å². The molecule has 1 aromatic rings. The Labute approximate surface area is 115 Å². The summed E-state index contributed by atoms with van der Waals surface area (Å²) < 4.78 is 11.3. The molecule has 1 rings (SSSR count). The Hall–Kier alpha value is -1.95. The van der Waals surface area contributed by atoms with E-state index in [4.69, 9.17) is 14.7 Å². The maximum absolute atomic E-state index is 8.53. The predicted octanol–water partition coefficient (Wildman–Crippen LogP) is 4.19. The molecule has 0 spiro atoms. The van der Waals surface area contributed by atoms with Gasteiger partial charge in [-0.05, 0) is 37.1 Å². The van der Waals surface area contributed by atoms with Crippen LogP contribution in [-0.4, -0.2) is 13.2 Å². The van der Waals surface area contributed by atoms with Crippen LogP contribution in [0.15, 0.2) is 24.3 Å². The average molecular weight is 259 g/mol. The molecule has 0 aliphatic heterocycles. The summed E-state index contributed by atoms with van der Waals surface area (Å²) in [6, 6.07) is 7.69. The Kier molecular flexibility index (Phi) is 7.19. The smallest absolute Gasteiger partial charge is 0.161 e. The number of nitriles is 1. The molecule has 19 heavy (non-hydrogen) atoms. The first-order chi connectivity index (χ1) is 9.31. The number of benzene rings is 1. The number of hydrogen-bond donors (Lipinski definition) is 0. The molecule has 0 saturated carbocycles. The van der Waals surface area contributed by atoms with Crippen molar-refractivity contribution < 1.29 is 9.47 Å². The molecule has 3 nitrogen and oxygen atoms in total. The molecule has 1 aromatic carbocycles. The fourth-order valence-corrected chi connectivity index (χ4v) is 1.68. The number of nitrogens with zero attached hydrogens (tertiary/aromatic N) is 1. The van der Waals surface area contributed by atoms with Gasteiger partial charge in [-0.2, -0.15) is 5.26 Å². The number of rotatable bonds is 8. The Morgan fingerprint density at radius 1 is 1.16 bits per heavy atom. The van der Waals surface area contributed by atoms with Gasteiger partial charge in [-0.25, -0.2) is 0 Å². The van der Waals surface area contributed by atoms with Crippen molar-refractivity contribution in [2.45, 2.75) is 33.1 Å². The van der Waals surface area contributed by atoms with Gasteiger partial charge < -0.3 is 9.47 Å². The highest BCUT2D eigenvalue weighted by atomic mass is 16.5. The largest absolute Gasteiger partial charge is 0.490 e. The second-order valence-corrected chi connectivity index (χ2v) is 4.16. The third-order valence-corrected chi connectivity index (χ3v) is 2.62. The Bertz CT molecular complexity index is 447. The standard InChI is InChI=1S/C16H21NO2/c1-3-5-6-12-19-15-10-9-14(8-7-11-17)13-16(15)18-4-2/h7-10,13H,3-6,12H2,1-2H3/b8-7+. The molecule has 3 heteroatoms. The molecule has 102 valence electrons. The molecule has 0 amide bonds. The van der Waals surface area contributed by atoms with Crippen LogP contribution < -0.4 is 9.47 Å². The fraction of sp³-hybridized carbons (Fsp3) is 0.438. The van der Waals surface area contributed by atoms with E-state index in [1.807, 2.05) is 31.2 Å². The average Bonchev–Trinajstić information content (AvgIpc) is 2.43. The molecule has 0 aliphatic rings. The fourth-order valence-electron chi connectivity index (χ4n) is 1.68. The molecule has 0 atom stereocenters. The number of hydrogen-bond acceptors (Lipinski definition) is 3. The van der Waals surface area contributed by atoms with Crippen LogP contribution in [0.4, 0.5) is 0 Å². The zero-order valence-corrected chi connectivity index (χ0v) is 11.7. The van der Waals surface area contributed by atoms with Crippen LogP contribution in [0.25, 0.3) is 6.08 Å². The molecule has 0 unspecified atom stereocenters. The monoisotopic (exact) mass is 259 g/mol. The maximum Gasteiger partial charge on any atom is 0.161 e. The molecule has 0 heterocycles. The van der Waals surface area contributed by atoms with Crippen LogP contribution in [0.5, 0.6) is 11.5 Å². The molecular formula is C16H21NO2. The van der Waals surface area contributed by atoms with Gasteiger partial charge in [0, 0.05) is 6.08 Å². The second-order valence-electron chi connectivity index (χ2n) is 4.16. The predicted molar refractivity (Wildman–Crippen MR) is 77.3 cm³/mol. The summed E-state index contributed by atoms with van der Waals surface area (Å²) in [5, 5.41) is 8.53. The van der Waals surface area contributed by atoms with Crippen LogP contribution in [0.1, 0.15) is 38.7 Å².